The fraction of sp³-hybridized carbons (Fsp3) is 0.412. The second kappa shape index (κ2) is 5.83. The first-order chi connectivity index (χ1) is 10.6. The highest BCUT2D eigenvalue weighted by molar-refractivity contribution is 6.01. The lowest BCUT2D eigenvalue weighted by Crippen LogP contribution is -2.36. The first-order valence-electron chi connectivity index (χ1n) is 7.42. The van der Waals surface area contributed by atoms with Gasteiger partial charge in [0.05, 0.1) is 14.2 Å². The molecule has 116 valence electrons. The fourth-order valence-corrected chi connectivity index (χ4v) is 3.28. The van der Waals surface area contributed by atoms with Gasteiger partial charge in [-0.25, -0.2) is 0 Å². The second-order valence-electron chi connectivity index (χ2n) is 5.58. The Labute approximate surface area is 129 Å². The van der Waals surface area contributed by atoms with E-state index >= 15 is 0 Å². The predicted octanol–water partition coefficient (Wildman–Crippen LogP) is 2.31. The van der Waals surface area contributed by atoms with Gasteiger partial charge in [-0.1, -0.05) is 0 Å². The maximum absolute atomic E-state index is 12.4. The summed E-state index contributed by atoms with van der Waals surface area (Å²) in [5, 5.41) is 2.86. The largest absolute Gasteiger partial charge is 0.497 e. The summed E-state index contributed by atoms with van der Waals surface area (Å²) < 4.78 is 10.7. The summed E-state index contributed by atoms with van der Waals surface area (Å²) in [6, 6.07) is 5.48. The molecule has 1 heterocycles. The van der Waals surface area contributed by atoms with Crippen molar-refractivity contribution in [3.05, 3.63) is 35.0 Å². The first-order valence-corrected chi connectivity index (χ1v) is 7.42. The van der Waals surface area contributed by atoms with E-state index in [-0.39, 0.29) is 24.0 Å². The molecule has 0 fully saturated rings. The van der Waals surface area contributed by atoms with Crippen molar-refractivity contribution in [1.82, 2.24) is 5.32 Å². The molecule has 1 aromatic rings. The zero-order valence-electron chi connectivity index (χ0n) is 12.8. The molecule has 0 bridgehead atoms. The molecule has 22 heavy (non-hydrogen) atoms. The highest BCUT2D eigenvalue weighted by Gasteiger charge is 2.36. The molecule has 0 saturated heterocycles. The number of Topliss-reactive ketones (excluding diaryl/α,β-unsaturated/α-hetero) is 1. The fourth-order valence-electron chi connectivity index (χ4n) is 3.28. The molecule has 5 heteroatoms. The third-order valence-corrected chi connectivity index (χ3v) is 4.30. The standard InChI is InChI=1S/C17H19NO4/c1-21-10-6-7-15(22-2)11(8-10)12-9-16(20)18-13-4-3-5-14(19)17(12)13/h6-8,12H,3-5,9H2,1-2H3,(H,18,20). The van der Waals surface area contributed by atoms with Gasteiger partial charge in [-0.2, -0.15) is 0 Å². The van der Waals surface area contributed by atoms with E-state index in [2.05, 4.69) is 5.32 Å². The smallest absolute Gasteiger partial charge is 0.225 e. The zero-order chi connectivity index (χ0) is 15.7. The number of rotatable bonds is 3. The minimum atomic E-state index is -0.262. The van der Waals surface area contributed by atoms with E-state index in [1.807, 2.05) is 18.2 Å². The number of benzene rings is 1. The van der Waals surface area contributed by atoms with Gasteiger partial charge in [-0.3, -0.25) is 9.59 Å². The minimum absolute atomic E-state index is 0.0525. The van der Waals surface area contributed by atoms with Gasteiger partial charge < -0.3 is 14.8 Å². The first kappa shape index (κ1) is 14.6. The van der Waals surface area contributed by atoms with Gasteiger partial charge in [0.2, 0.25) is 5.91 Å². The van der Waals surface area contributed by atoms with Gasteiger partial charge in [0, 0.05) is 35.6 Å². The normalized spacial score (nSPS) is 21.3. The van der Waals surface area contributed by atoms with Crippen LogP contribution in [0.4, 0.5) is 0 Å². The molecule has 2 aliphatic rings. The van der Waals surface area contributed by atoms with Crippen LogP contribution in [0, 0.1) is 0 Å². The topological polar surface area (TPSA) is 64.6 Å². The monoisotopic (exact) mass is 301 g/mol. The van der Waals surface area contributed by atoms with Gasteiger partial charge in [-0.05, 0) is 31.0 Å². The summed E-state index contributed by atoms with van der Waals surface area (Å²) in [6.07, 6.45) is 2.33. The Kier molecular flexibility index (Phi) is 3.88. The molecule has 0 aromatic heterocycles. The Bertz CT molecular complexity index is 663. The molecule has 1 N–H and O–H groups in total. The SMILES string of the molecule is COc1ccc(OC)c(C2CC(=O)NC3=C2C(=O)CCC3)c1. The highest BCUT2D eigenvalue weighted by Crippen LogP contribution is 2.42. The van der Waals surface area contributed by atoms with Crippen LogP contribution in [-0.4, -0.2) is 25.9 Å². The van der Waals surface area contributed by atoms with Crippen LogP contribution in [0.5, 0.6) is 11.5 Å². The van der Waals surface area contributed by atoms with Gasteiger partial charge in [0.15, 0.2) is 5.78 Å². The number of allylic oxidation sites excluding steroid dienone is 2. The molecule has 1 aliphatic carbocycles. The van der Waals surface area contributed by atoms with E-state index in [1.165, 1.54) is 0 Å². The lowest BCUT2D eigenvalue weighted by atomic mass is 9.77. The minimum Gasteiger partial charge on any atom is -0.497 e. The molecule has 0 radical (unpaired) electrons. The highest BCUT2D eigenvalue weighted by atomic mass is 16.5. The van der Waals surface area contributed by atoms with Crippen LogP contribution in [0.15, 0.2) is 29.5 Å². The Balaban J connectivity index is 2.13. The number of ether oxygens (including phenoxy) is 2. The molecule has 1 atom stereocenters. The lowest BCUT2D eigenvalue weighted by Gasteiger charge is -2.31. The number of hydrogen-bond donors (Lipinski definition) is 1. The molecule has 3 rings (SSSR count). The van der Waals surface area contributed by atoms with Crippen LogP contribution in [-0.2, 0) is 9.59 Å². The van der Waals surface area contributed by atoms with Crippen molar-refractivity contribution in [3.63, 3.8) is 0 Å². The molecule has 1 amide bonds. The third-order valence-electron chi connectivity index (χ3n) is 4.30. The Morgan fingerprint density at radius 2 is 1.95 bits per heavy atom. The van der Waals surface area contributed by atoms with Crippen LogP contribution >= 0.6 is 0 Å². The van der Waals surface area contributed by atoms with E-state index in [0.717, 1.165) is 29.7 Å². The van der Waals surface area contributed by atoms with Crippen molar-refractivity contribution in [2.45, 2.75) is 31.6 Å². The number of ketones is 1. The maximum atomic E-state index is 12.4. The lowest BCUT2D eigenvalue weighted by molar-refractivity contribution is -0.122. The number of amides is 1. The zero-order valence-corrected chi connectivity index (χ0v) is 12.8. The summed E-state index contributed by atoms with van der Waals surface area (Å²) in [5.74, 6) is 1.17. The number of carbonyl (C=O) groups excluding carboxylic acids is 2. The quantitative estimate of drug-likeness (QED) is 0.930. The van der Waals surface area contributed by atoms with E-state index in [9.17, 15) is 9.59 Å². The van der Waals surface area contributed by atoms with Crippen LogP contribution in [0.3, 0.4) is 0 Å². The molecule has 1 aliphatic heterocycles. The molecular formula is C17H19NO4. The second-order valence-corrected chi connectivity index (χ2v) is 5.58. The van der Waals surface area contributed by atoms with Crippen molar-refractivity contribution < 1.29 is 19.1 Å². The van der Waals surface area contributed by atoms with Crippen LogP contribution in [0.25, 0.3) is 0 Å². The number of hydrogen-bond acceptors (Lipinski definition) is 4. The van der Waals surface area contributed by atoms with Crippen molar-refractivity contribution in [2.24, 2.45) is 0 Å². The average molecular weight is 301 g/mol. The summed E-state index contributed by atoms with van der Waals surface area (Å²) in [5.41, 5.74) is 2.35. The molecule has 1 aromatic carbocycles. The van der Waals surface area contributed by atoms with Gasteiger partial charge >= 0.3 is 0 Å². The summed E-state index contributed by atoms with van der Waals surface area (Å²) in [6.45, 7) is 0. The summed E-state index contributed by atoms with van der Waals surface area (Å²) in [4.78, 5) is 24.4. The van der Waals surface area contributed by atoms with Crippen molar-refractivity contribution in [2.75, 3.05) is 14.2 Å². The van der Waals surface area contributed by atoms with Crippen LogP contribution in [0.2, 0.25) is 0 Å². The van der Waals surface area contributed by atoms with E-state index in [0.29, 0.717) is 17.9 Å². The third kappa shape index (κ3) is 2.47. The summed E-state index contributed by atoms with van der Waals surface area (Å²) in [7, 11) is 3.18. The summed E-state index contributed by atoms with van der Waals surface area (Å²) >= 11 is 0. The predicted molar refractivity (Wildman–Crippen MR) is 80.9 cm³/mol. The molecule has 0 saturated carbocycles. The van der Waals surface area contributed by atoms with E-state index < -0.39 is 0 Å². The average Bonchev–Trinajstić information content (AvgIpc) is 2.53. The van der Waals surface area contributed by atoms with Gasteiger partial charge in [0.1, 0.15) is 11.5 Å². The van der Waals surface area contributed by atoms with Crippen LogP contribution in [0.1, 0.15) is 37.2 Å². The van der Waals surface area contributed by atoms with Crippen LogP contribution < -0.4 is 14.8 Å². The molecular weight excluding hydrogens is 282 g/mol. The van der Waals surface area contributed by atoms with E-state index in [1.54, 1.807) is 14.2 Å². The number of carbonyl (C=O) groups is 2. The molecule has 5 nitrogen and oxygen atoms in total. The Hall–Kier alpha value is -2.30. The molecule has 0 spiro atoms. The van der Waals surface area contributed by atoms with Gasteiger partial charge in [-0.15, -0.1) is 0 Å². The maximum Gasteiger partial charge on any atom is 0.225 e. The van der Waals surface area contributed by atoms with Crippen molar-refractivity contribution >= 4 is 11.7 Å². The molecule has 1 unspecified atom stereocenters. The van der Waals surface area contributed by atoms with Crippen molar-refractivity contribution in [3.8, 4) is 11.5 Å². The van der Waals surface area contributed by atoms with Gasteiger partial charge in [0.25, 0.3) is 0 Å². The number of methoxy groups -OCH3 is 2. The van der Waals surface area contributed by atoms with E-state index in [4.69, 9.17) is 9.47 Å². The Morgan fingerprint density at radius 1 is 1.14 bits per heavy atom. The number of nitrogens with one attached hydrogen (secondary N) is 1. The van der Waals surface area contributed by atoms with Crippen molar-refractivity contribution in [1.29, 1.82) is 0 Å². The Morgan fingerprint density at radius 3 is 2.68 bits per heavy atom.